The molecule has 0 saturated heterocycles. The summed E-state index contributed by atoms with van der Waals surface area (Å²) in [4.78, 5) is 12.4. The molecule has 24 heavy (non-hydrogen) atoms. The number of carbonyl (C=O) groups is 1. The molecule has 0 unspecified atom stereocenters. The van der Waals surface area contributed by atoms with Crippen LogP contribution in [0.25, 0.3) is 11.1 Å². The molecular formula is C18H20FNO3S. The Bertz CT molecular complexity index is 846. The predicted octanol–water partition coefficient (Wildman–Crippen LogP) is 3.31. The van der Waals surface area contributed by atoms with Gasteiger partial charge in [-0.1, -0.05) is 36.4 Å². The first kappa shape index (κ1) is 18.3. The van der Waals surface area contributed by atoms with Crippen molar-refractivity contribution in [2.24, 2.45) is 0 Å². The largest absolute Gasteiger partial charge is 0.293 e. The number of hydrogen-bond acceptors (Lipinski definition) is 3. The number of sulfonamides is 1. The monoisotopic (exact) mass is 349 g/mol. The minimum Gasteiger partial charge on any atom is -0.293 e. The highest BCUT2D eigenvalue weighted by molar-refractivity contribution is 7.90. The van der Waals surface area contributed by atoms with Crippen molar-refractivity contribution in [2.75, 3.05) is 6.54 Å². The van der Waals surface area contributed by atoms with Gasteiger partial charge >= 0.3 is 0 Å². The zero-order chi connectivity index (χ0) is 17.9. The third kappa shape index (κ3) is 3.88. The normalized spacial score (nSPS) is 11.7. The maximum absolute atomic E-state index is 14.2. The summed E-state index contributed by atoms with van der Waals surface area (Å²) in [6, 6.07) is 12.2. The molecule has 4 nitrogen and oxygen atoms in total. The Labute approximate surface area is 141 Å². The van der Waals surface area contributed by atoms with E-state index < -0.39 is 33.4 Å². The van der Waals surface area contributed by atoms with Crippen LogP contribution in [0.1, 0.15) is 29.8 Å². The van der Waals surface area contributed by atoms with E-state index in [-0.39, 0.29) is 5.56 Å². The van der Waals surface area contributed by atoms with Gasteiger partial charge in [0.2, 0.25) is 10.0 Å². The van der Waals surface area contributed by atoms with E-state index in [2.05, 4.69) is 4.72 Å². The van der Waals surface area contributed by atoms with Crippen LogP contribution in [0.2, 0.25) is 0 Å². The lowest BCUT2D eigenvalue weighted by molar-refractivity contribution is 0.0992. The van der Waals surface area contributed by atoms with Gasteiger partial charge in [-0.3, -0.25) is 4.79 Å². The van der Waals surface area contributed by atoms with Crippen LogP contribution in [0.15, 0.2) is 42.5 Å². The summed E-state index contributed by atoms with van der Waals surface area (Å²) >= 11 is 0. The van der Waals surface area contributed by atoms with Crippen LogP contribution in [-0.4, -0.2) is 26.0 Å². The molecule has 2 aromatic carbocycles. The molecule has 128 valence electrons. The molecular weight excluding hydrogens is 329 g/mol. The number of ketones is 1. The molecule has 0 amide bonds. The number of rotatable bonds is 6. The minimum atomic E-state index is -3.58. The Balaban J connectivity index is 2.35. The minimum absolute atomic E-state index is 0.0807. The van der Waals surface area contributed by atoms with Crippen molar-refractivity contribution in [2.45, 2.75) is 26.0 Å². The molecule has 6 heteroatoms. The lowest BCUT2D eigenvalue weighted by Crippen LogP contribution is -2.35. The summed E-state index contributed by atoms with van der Waals surface area (Å²) < 4.78 is 39.9. The lowest BCUT2D eigenvalue weighted by Gasteiger charge is -2.13. The summed E-state index contributed by atoms with van der Waals surface area (Å²) in [6.45, 7) is 4.22. The number of Topliss-reactive ketones (excluding diaryl/α,β-unsaturated/α-hetero) is 1. The number of hydrogen-bond donors (Lipinski definition) is 1. The van der Waals surface area contributed by atoms with E-state index in [1.165, 1.54) is 19.9 Å². The second kappa shape index (κ2) is 7.23. The molecule has 2 rings (SSSR count). The third-order valence-corrected chi connectivity index (χ3v) is 5.62. The van der Waals surface area contributed by atoms with Crippen LogP contribution in [0.3, 0.4) is 0 Å². The van der Waals surface area contributed by atoms with Crippen LogP contribution in [0.4, 0.5) is 4.39 Å². The fourth-order valence-electron chi connectivity index (χ4n) is 2.37. The van der Waals surface area contributed by atoms with E-state index >= 15 is 0 Å². The summed E-state index contributed by atoms with van der Waals surface area (Å²) in [7, 11) is -3.58. The van der Waals surface area contributed by atoms with E-state index in [1.54, 1.807) is 13.0 Å². The molecule has 0 aliphatic heterocycles. The molecule has 0 aliphatic carbocycles. The number of nitrogens with one attached hydrogen (secondary N) is 1. The molecule has 0 heterocycles. The fourth-order valence-corrected chi connectivity index (χ4v) is 3.04. The highest BCUT2D eigenvalue weighted by Crippen LogP contribution is 2.27. The molecule has 1 N–H and O–H groups in total. The quantitative estimate of drug-likeness (QED) is 0.814. The Morgan fingerprint density at radius 3 is 2.33 bits per heavy atom. The average molecular weight is 349 g/mol. The van der Waals surface area contributed by atoms with E-state index in [4.69, 9.17) is 0 Å². The molecule has 0 radical (unpaired) electrons. The van der Waals surface area contributed by atoms with Crippen molar-refractivity contribution < 1.29 is 17.6 Å². The number of halogens is 1. The van der Waals surface area contributed by atoms with Crippen LogP contribution in [-0.2, 0) is 10.0 Å². The molecule has 0 atom stereocenters. The molecule has 0 saturated carbocycles. The first-order valence-corrected chi connectivity index (χ1v) is 9.15. The van der Waals surface area contributed by atoms with Gasteiger partial charge in [-0.25, -0.2) is 17.5 Å². The van der Waals surface area contributed by atoms with Gasteiger partial charge in [0.05, 0.1) is 17.4 Å². The van der Waals surface area contributed by atoms with Crippen LogP contribution in [0, 0.1) is 12.7 Å². The Morgan fingerprint density at radius 1 is 1.12 bits per heavy atom. The number of benzene rings is 2. The molecule has 2 aromatic rings. The highest BCUT2D eigenvalue weighted by Gasteiger charge is 2.21. The first-order valence-electron chi connectivity index (χ1n) is 7.60. The average Bonchev–Trinajstić information content (AvgIpc) is 2.54. The van der Waals surface area contributed by atoms with Crippen molar-refractivity contribution in [1.29, 1.82) is 0 Å². The van der Waals surface area contributed by atoms with Crippen molar-refractivity contribution in [3.8, 4) is 11.1 Å². The predicted molar refractivity (Wildman–Crippen MR) is 93.0 cm³/mol. The molecule has 0 bridgehead atoms. The highest BCUT2D eigenvalue weighted by atomic mass is 32.2. The van der Waals surface area contributed by atoms with E-state index in [9.17, 15) is 17.6 Å². The van der Waals surface area contributed by atoms with Crippen molar-refractivity contribution in [1.82, 2.24) is 4.72 Å². The lowest BCUT2D eigenvalue weighted by atomic mass is 9.94. The van der Waals surface area contributed by atoms with Gasteiger partial charge in [0.15, 0.2) is 5.78 Å². The maximum atomic E-state index is 14.2. The standard InChI is InChI=1S/C18H20FNO3S/c1-12(2)24(22,23)20-11-17(21)18-13(3)15(9-10-16(18)19)14-7-5-4-6-8-14/h4-10,12,20H,11H2,1-3H3. The fraction of sp³-hybridized carbons (Fsp3) is 0.278. The van der Waals surface area contributed by atoms with E-state index in [0.717, 1.165) is 11.1 Å². The SMILES string of the molecule is Cc1c(-c2ccccc2)ccc(F)c1C(=O)CNS(=O)(=O)C(C)C. The summed E-state index contributed by atoms with van der Waals surface area (Å²) in [5, 5.41) is -0.660. The third-order valence-electron chi connectivity index (χ3n) is 3.83. The van der Waals surface area contributed by atoms with Gasteiger partial charge in [0.25, 0.3) is 0 Å². The van der Waals surface area contributed by atoms with E-state index in [0.29, 0.717) is 5.56 Å². The zero-order valence-electron chi connectivity index (χ0n) is 13.8. The molecule has 0 fully saturated rings. The molecule has 0 spiro atoms. The Hall–Kier alpha value is -2.05. The summed E-state index contributed by atoms with van der Waals surface area (Å²) in [6.07, 6.45) is 0. The second-order valence-electron chi connectivity index (χ2n) is 5.80. The second-order valence-corrected chi connectivity index (χ2v) is 8.12. The van der Waals surface area contributed by atoms with Crippen molar-refractivity contribution >= 4 is 15.8 Å². The topological polar surface area (TPSA) is 63.2 Å². The Kier molecular flexibility index (Phi) is 5.51. The van der Waals surface area contributed by atoms with Crippen LogP contribution < -0.4 is 4.72 Å². The van der Waals surface area contributed by atoms with Gasteiger partial charge in [-0.2, -0.15) is 0 Å². The van der Waals surface area contributed by atoms with Crippen molar-refractivity contribution in [3.63, 3.8) is 0 Å². The first-order chi connectivity index (χ1) is 11.2. The smallest absolute Gasteiger partial charge is 0.214 e. The Morgan fingerprint density at radius 2 is 1.75 bits per heavy atom. The zero-order valence-corrected chi connectivity index (χ0v) is 14.7. The molecule has 0 aliphatic rings. The van der Waals surface area contributed by atoms with Gasteiger partial charge < -0.3 is 0 Å². The van der Waals surface area contributed by atoms with Crippen LogP contribution >= 0.6 is 0 Å². The van der Waals surface area contributed by atoms with Gasteiger partial charge in [0, 0.05) is 0 Å². The van der Waals surface area contributed by atoms with Gasteiger partial charge in [-0.15, -0.1) is 0 Å². The summed E-state index contributed by atoms with van der Waals surface area (Å²) in [5.74, 6) is -1.24. The van der Waals surface area contributed by atoms with Gasteiger partial charge in [-0.05, 0) is 43.5 Å². The van der Waals surface area contributed by atoms with Crippen LogP contribution in [0.5, 0.6) is 0 Å². The number of carbonyl (C=O) groups excluding carboxylic acids is 1. The summed E-state index contributed by atoms with van der Waals surface area (Å²) in [5.41, 5.74) is 2.02. The van der Waals surface area contributed by atoms with Gasteiger partial charge in [0.1, 0.15) is 5.82 Å². The van der Waals surface area contributed by atoms with E-state index in [1.807, 2.05) is 30.3 Å². The molecule has 0 aromatic heterocycles. The maximum Gasteiger partial charge on any atom is 0.214 e. The van der Waals surface area contributed by atoms with Crippen molar-refractivity contribution in [3.05, 3.63) is 59.4 Å².